The van der Waals surface area contributed by atoms with Gasteiger partial charge in [-0.05, 0) is 44.9 Å². The van der Waals surface area contributed by atoms with Crippen molar-refractivity contribution in [1.29, 1.82) is 0 Å². The van der Waals surface area contributed by atoms with Crippen LogP contribution in [0.4, 0.5) is 0 Å². The molecular formula is C17H32. The van der Waals surface area contributed by atoms with Gasteiger partial charge in [0.05, 0.1) is 0 Å². The molecule has 0 amide bonds. The second-order valence-electron chi connectivity index (χ2n) is 5.77. The van der Waals surface area contributed by atoms with Crippen molar-refractivity contribution in [3.05, 3.63) is 22.8 Å². The first-order chi connectivity index (χ1) is 7.92. The van der Waals surface area contributed by atoms with Gasteiger partial charge < -0.3 is 0 Å². The minimum Gasteiger partial charge on any atom is -0.0830 e. The first-order valence-electron chi connectivity index (χ1n) is 7.28. The van der Waals surface area contributed by atoms with Crippen LogP contribution in [0, 0.1) is 11.8 Å². The highest BCUT2D eigenvalue weighted by Gasteiger charge is 2.10. The molecule has 0 aliphatic rings. The summed E-state index contributed by atoms with van der Waals surface area (Å²) in [6.07, 6.45) is 7.37. The molecule has 0 saturated heterocycles. The topological polar surface area (TPSA) is 0 Å². The first-order valence-corrected chi connectivity index (χ1v) is 7.28. The molecule has 100 valence electrons. The van der Waals surface area contributed by atoms with Gasteiger partial charge in [-0.25, -0.2) is 0 Å². The van der Waals surface area contributed by atoms with Crippen molar-refractivity contribution < 1.29 is 0 Å². The summed E-state index contributed by atoms with van der Waals surface area (Å²) in [6.45, 7) is 16.1. The maximum absolute atomic E-state index is 2.40. The molecule has 0 heteroatoms. The third kappa shape index (κ3) is 6.71. The Labute approximate surface area is 109 Å². The van der Waals surface area contributed by atoms with Gasteiger partial charge >= 0.3 is 0 Å². The molecule has 0 radical (unpaired) electrons. The fourth-order valence-electron chi connectivity index (χ4n) is 2.85. The average Bonchev–Trinajstić information content (AvgIpc) is 2.17. The smallest absolute Gasteiger partial charge is 0.0192 e. The Hall–Kier alpha value is -0.520. The quantitative estimate of drug-likeness (QED) is 0.466. The summed E-state index contributed by atoms with van der Waals surface area (Å²) in [4.78, 5) is 0. The molecule has 0 heterocycles. The van der Waals surface area contributed by atoms with Crippen LogP contribution >= 0.6 is 0 Å². The lowest BCUT2D eigenvalue weighted by Gasteiger charge is -2.19. The van der Waals surface area contributed by atoms with Crippen molar-refractivity contribution >= 4 is 0 Å². The molecule has 0 aromatic carbocycles. The predicted octanol–water partition coefficient (Wildman–Crippen LogP) is 6.14. The van der Waals surface area contributed by atoms with Crippen LogP contribution in [-0.4, -0.2) is 0 Å². The number of rotatable bonds is 7. The molecule has 0 aliphatic heterocycles. The predicted molar refractivity (Wildman–Crippen MR) is 80.3 cm³/mol. The van der Waals surface area contributed by atoms with E-state index in [0.29, 0.717) is 11.8 Å². The number of hydrogen-bond acceptors (Lipinski definition) is 0. The molecule has 0 spiro atoms. The minimum absolute atomic E-state index is 0.674. The van der Waals surface area contributed by atoms with Gasteiger partial charge in [0.15, 0.2) is 0 Å². The lowest BCUT2D eigenvalue weighted by Crippen LogP contribution is -2.03. The van der Waals surface area contributed by atoms with Crippen LogP contribution in [-0.2, 0) is 0 Å². The summed E-state index contributed by atoms with van der Waals surface area (Å²) < 4.78 is 0. The van der Waals surface area contributed by atoms with Crippen LogP contribution in [0.3, 0.4) is 0 Å². The van der Waals surface area contributed by atoms with Crippen LogP contribution in [0.25, 0.3) is 0 Å². The zero-order valence-corrected chi connectivity index (χ0v) is 13.1. The Balaban J connectivity index is 4.66. The maximum atomic E-state index is 2.40. The molecule has 0 aromatic rings. The molecule has 0 nitrogen and oxygen atoms in total. The molecule has 0 bridgehead atoms. The molecule has 0 aliphatic carbocycles. The fraction of sp³-hybridized carbons (Fsp3) is 0.765. The summed E-state index contributed by atoms with van der Waals surface area (Å²) in [5.74, 6) is 1.38. The molecule has 17 heavy (non-hydrogen) atoms. The van der Waals surface area contributed by atoms with Gasteiger partial charge in [-0.1, -0.05) is 63.8 Å². The molecule has 1 unspecified atom stereocenters. The monoisotopic (exact) mass is 236 g/mol. The molecule has 0 N–H and O–H groups in total. The summed E-state index contributed by atoms with van der Waals surface area (Å²) in [5, 5.41) is 0. The molecule has 1 atom stereocenters. The number of hydrogen-bond donors (Lipinski definition) is 0. The van der Waals surface area contributed by atoms with Crippen LogP contribution in [0.1, 0.15) is 74.1 Å². The summed E-state index contributed by atoms with van der Waals surface area (Å²) in [6, 6.07) is 0. The van der Waals surface area contributed by atoms with Gasteiger partial charge in [0.2, 0.25) is 0 Å². The van der Waals surface area contributed by atoms with Crippen molar-refractivity contribution in [3.63, 3.8) is 0 Å². The van der Waals surface area contributed by atoms with E-state index in [0.717, 1.165) is 0 Å². The van der Waals surface area contributed by atoms with E-state index in [1.807, 2.05) is 0 Å². The fourth-order valence-corrected chi connectivity index (χ4v) is 2.85. The van der Waals surface area contributed by atoms with Gasteiger partial charge in [-0.3, -0.25) is 0 Å². The maximum Gasteiger partial charge on any atom is -0.0192 e. The second-order valence-corrected chi connectivity index (χ2v) is 5.77. The zero-order chi connectivity index (χ0) is 13.4. The van der Waals surface area contributed by atoms with Crippen LogP contribution in [0.2, 0.25) is 0 Å². The SMILES string of the molecule is CCCC(C)=C(CC)C(C)CC(C)=CC(C)C. The van der Waals surface area contributed by atoms with Crippen molar-refractivity contribution in [2.75, 3.05) is 0 Å². The second kappa shape index (κ2) is 8.55. The average molecular weight is 236 g/mol. The first kappa shape index (κ1) is 16.5. The van der Waals surface area contributed by atoms with E-state index < -0.39 is 0 Å². The zero-order valence-electron chi connectivity index (χ0n) is 13.1. The molecule has 0 rings (SSSR count). The van der Waals surface area contributed by atoms with E-state index in [-0.39, 0.29) is 0 Å². The van der Waals surface area contributed by atoms with Crippen LogP contribution < -0.4 is 0 Å². The molecular weight excluding hydrogens is 204 g/mol. The van der Waals surface area contributed by atoms with E-state index in [2.05, 4.69) is 54.5 Å². The largest absolute Gasteiger partial charge is 0.0830 e. The van der Waals surface area contributed by atoms with Crippen molar-refractivity contribution in [2.45, 2.75) is 74.1 Å². The normalized spacial score (nSPS) is 16.1. The van der Waals surface area contributed by atoms with Gasteiger partial charge in [-0.15, -0.1) is 0 Å². The van der Waals surface area contributed by atoms with Crippen molar-refractivity contribution in [1.82, 2.24) is 0 Å². The van der Waals surface area contributed by atoms with E-state index in [1.54, 1.807) is 16.7 Å². The van der Waals surface area contributed by atoms with Crippen molar-refractivity contribution in [2.24, 2.45) is 11.8 Å². The highest BCUT2D eigenvalue weighted by atomic mass is 14.2. The summed E-state index contributed by atoms with van der Waals surface area (Å²) in [7, 11) is 0. The Morgan fingerprint density at radius 2 is 1.65 bits per heavy atom. The van der Waals surface area contributed by atoms with Gasteiger partial charge in [0, 0.05) is 0 Å². The van der Waals surface area contributed by atoms with E-state index >= 15 is 0 Å². The van der Waals surface area contributed by atoms with Crippen LogP contribution in [0.15, 0.2) is 22.8 Å². The van der Waals surface area contributed by atoms with E-state index in [4.69, 9.17) is 0 Å². The van der Waals surface area contributed by atoms with Gasteiger partial charge in [0.25, 0.3) is 0 Å². The lowest BCUT2D eigenvalue weighted by molar-refractivity contribution is 0.626. The van der Waals surface area contributed by atoms with Gasteiger partial charge in [-0.2, -0.15) is 0 Å². The highest BCUT2D eigenvalue weighted by Crippen LogP contribution is 2.27. The third-order valence-corrected chi connectivity index (χ3v) is 3.39. The Kier molecular flexibility index (Phi) is 8.29. The highest BCUT2D eigenvalue weighted by molar-refractivity contribution is 5.17. The Bertz CT molecular complexity index is 266. The molecule has 0 fully saturated rings. The van der Waals surface area contributed by atoms with E-state index in [9.17, 15) is 0 Å². The Morgan fingerprint density at radius 3 is 2.06 bits per heavy atom. The standard InChI is InChI=1S/C17H32/c1-8-10-15(6)17(9-2)16(7)12-14(5)11-13(3)4/h11,13,16H,8-10,12H2,1-7H3. The van der Waals surface area contributed by atoms with Crippen LogP contribution in [0.5, 0.6) is 0 Å². The molecule has 0 aromatic heterocycles. The Morgan fingerprint density at radius 1 is 1.06 bits per heavy atom. The van der Waals surface area contributed by atoms with E-state index in [1.165, 1.54) is 25.7 Å². The number of allylic oxidation sites excluding steroid dienone is 4. The van der Waals surface area contributed by atoms with Gasteiger partial charge in [0.1, 0.15) is 0 Å². The summed E-state index contributed by atoms with van der Waals surface area (Å²) in [5.41, 5.74) is 4.85. The minimum atomic E-state index is 0.674. The lowest BCUT2D eigenvalue weighted by atomic mass is 9.87. The summed E-state index contributed by atoms with van der Waals surface area (Å²) >= 11 is 0. The van der Waals surface area contributed by atoms with Crippen molar-refractivity contribution in [3.8, 4) is 0 Å². The third-order valence-electron chi connectivity index (χ3n) is 3.39. The molecule has 0 saturated carbocycles.